The van der Waals surface area contributed by atoms with Gasteiger partial charge in [0.25, 0.3) is 11.8 Å². The summed E-state index contributed by atoms with van der Waals surface area (Å²) in [5, 5.41) is 6.83. The molecule has 0 atom stereocenters. The van der Waals surface area contributed by atoms with E-state index in [1.807, 2.05) is 0 Å². The van der Waals surface area contributed by atoms with Crippen molar-refractivity contribution in [2.75, 3.05) is 0 Å². The van der Waals surface area contributed by atoms with Crippen LogP contribution in [-0.4, -0.2) is 18.0 Å². The van der Waals surface area contributed by atoms with Gasteiger partial charge in [0.1, 0.15) is 17.5 Å². The predicted octanol–water partition coefficient (Wildman–Crippen LogP) is 2.97. The van der Waals surface area contributed by atoms with Crippen LogP contribution in [0.2, 0.25) is 0 Å². The van der Waals surface area contributed by atoms with Crippen LogP contribution < -0.4 is 16.2 Å². The fourth-order valence-corrected chi connectivity index (χ4v) is 2.58. The molecule has 0 aliphatic rings. The minimum absolute atomic E-state index is 0.0848. The molecule has 0 bridgehead atoms. The van der Waals surface area contributed by atoms with Crippen molar-refractivity contribution in [1.82, 2.24) is 10.7 Å². The minimum Gasteiger partial charge on any atom is -0.463 e. The number of nitrogens with one attached hydrogen (secondary N) is 2. The molecule has 7 heteroatoms. The summed E-state index contributed by atoms with van der Waals surface area (Å²) in [5.74, 6) is -1.01. The van der Waals surface area contributed by atoms with Crippen LogP contribution in [0.3, 0.4) is 0 Å². The van der Waals surface area contributed by atoms with E-state index in [0.29, 0.717) is 22.1 Å². The van der Waals surface area contributed by atoms with Crippen LogP contribution in [0, 0.1) is 0 Å². The quantitative estimate of drug-likeness (QED) is 0.398. The average molecular weight is 389 g/mol. The Hall–Kier alpha value is -4.00. The van der Waals surface area contributed by atoms with E-state index >= 15 is 0 Å². The molecular weight excluding hydrogens is 370 g/mol. The monoisotopic (exact) mass is 389 g/mol. The first kappa shape index (κ1) is 19.8. The fraction of sp³-hybridized carbons (Fsp3) is 0.0909. The molecule has 1 heterocycles. The Morgan fingerprint density at radius 2 is 1.69 bits per heavy atom. The lowest BCUT2D eigenvalue weighted by Crippen LogP contribution is -2.33. The summed E-state index contributed by atoms with van der Waals surface area (Å²) in [6, 6.07) is 15.4. The van der Waals surface area contributed by atoms with E-state index in [9.17, 15) is 14.4 Å². The Bertz CT molecular complexity index is 1170. The van der Waals surface area contributed by atoms with Crippen LogP contribution >= 0.6 is 0 Å². The number of allylic oxidation sites excluding steroid dienone is 1. The summed E-state index contributed by atoms with van der Waals surface area (Å²) in [6.07, 6.45) is 2.48. The summed E-state index contributed by atoms with van der Waals surface area (Å²) in [7, 11) is 0. The van der Waals surface area contributed by atoms with Gasteiger partial charge in [-0.2, -0.15) is 5.10 Å². The number of carbonyl (C=O) groups is 2. The topological polar surface area (TPSA) is 101 Å². The van der Waals surface area contributed by atoms with Crippen molar-refractivity contribution in [2.45, 2.75) is 13.8 Å². The Kier molecular flexibility index (Phi) is 5.99. The molecule has 3 aromatic rings. The van der Waals surface area contributed by atoms with Crippen molar-refractivity contribution in [3.63, 3.8) is 0 Å². The van der Waals surface area contributed by atoms with Crippen molar-refractivity contribution in [2.24, 2.45) is 5.10 Å². The first-order valence-electron chi connectivity index (χ1n) is 8.85. The van der Waals surface area contributed by atoms with E-state index in [1.54, 1.807) is 68.4 Å². The standard InChI is InChI=1S/C22H19N3O4/c1-14(2)19(24-21(27)15-8-4-3-5-9-15)22(28)25-23-12-16-13-29-18-11-7-6-10-17(18)20(16)26/h3-13H,1-2H3,(H,24,27)(H,25,28). The smallest absolute Gasteiger partial charge is 0.287 e. The number of rotatable bonds is 5. The molecule has 29 heavy (non-hydrogen) atoms. The van der Waals surface area contributed by atoms with Crippen LogP contribution in [0.1, 0.15) is 29.8 Å². The Labute approximate surface area is 166 Å². The Morgan fingerprint density at radius 3 is 2.41 bits per heavy atom. The van der Waals surface area contributed by atoms with Crippen LogP contribution in [0.4, 0.5) is 0 Å². The molecule has 0 radical (unpaired) electrons. The molecule has 2 amide bonds. The largest absolute Gasteiger partial charge is 0.463 e. The van der Waals surface area contributed by atoms with E-state index in [2.05, 4.69) is 15.8 Å². The Morgan fingerprint density at radius 1 is 1.00 bits per heavy atom. The van der Waals surface area contributed by atoms with Crippen molar-refractivity contribution in [1.29, 1.82) is 0 Å². The van der Waals surface area contributed by atoms with Crippen LogP contribution in [0.25, 0.3) is 11.0 Å². The van der Waals surface area contributed by atoms with Gasteiger partial charge in [-0.3, -0.25) is 14.4 Å². The van der Waals surface area contributed by atoms with Gasteiger partial charge < -0.3 is 9.73 Å². The van der Waals surface area contributed by atoms with Crippen molar-refractivity contribution < 1.29 is 14.0 Å². The second-order valence-electron chi connectivity index (χ2n) is 6.41. The number of fused-ring (bicyclic) bond motifs is 1. The lowest BCUT2D eigenvalue weighted by Gasteiger charge is -2.10. The van der Waals surface area contributed by atoms with Gasteiger partial charge in [-0.05, 0) is 43.7 Å². The first-order chi connectivity index (χ1) is 14.0. The van der Waals surface area contributed by atoms with Crippen LogP contribution in [-0.2, 0) is 4.79 Å². The molecule has 0 spiro atoms. The minimum atomic E-state index is -0.601. The molecule has 0 saturated carbocycles. The van der Waals surface area contributed by atoms with Gasteiger partial charge >= 0.3 is 0 Å². The molecule has 1 aromatic heterocycles. The predicted molar refractivity (Wildman–Crippen MR) is 111 cm³/mol. The van der Waals surface area contributed by atoms with E-state index in [0.717, 1.165) is 0 Å². The molecule has 146 valence electrons. The summed E-state index contributed by atoms with van der Waals surface area (Å²) in [5.41, 5.74) is 3.84. The highest BCUT2D eigenvalue weighted by Crippen LogP contribution is 2.09. The highest BCUT2D eigenvalue weighted by atomic mass is 16.3. The maximum Gasteiger partial charge on any atom is 0.287 e. The number of benzene rings is 2. The Balaban J connectivity index is 1.73. The number of hydrazone groups is 1. The maximum atomic E-state index is 12.4. The summed E-state index contributed by atoms with van der Waals surface area (Å²) in [6.45, 7) is 3.39. The molecule has 0 saturated heterocycles. The van der Waals surface area contributed by atoms with Crippen LogP contribution in [0.15, 0.2) is 86.4 Å². The SMILES string of the molecule is CC(C)=C(NC(=O)c1ccccc1)C(=O)NN=Cc1coc2ccccc2c1=O. The normalized spacial score (nSPS) is 10.7. The lowest BCUT2D eigenvalue weighted by molar-refractivity contribution is -0.117. The summed E-state index contributed by atoms with van der Waals surface area (Å²) in [4.78, 5) is 37.2. The van der Waals surface area contributed by atoms with E-state index in [4.69, 9.17) is 4.42 Å². The first-order valence-corrected chi connectivity index (χ1v) is 8.85. The fourth-order valence-electron chi connectivity index (χ4n) is 2.58. The summed E-state index contributed by atoms with van der Waals surface area (Å²) < 4.78 is 5.40. The highest BCUT2D eigenvalue weighted by Gasteiger charge is 2.15. The van der Waals surface area contributed by atoms with Crippen LogP contribution in [0.5, 0.6) is 0 Å². The van der Waals surface area contributed by atoms with Gasteiger partial charge in [0.05, 0.1) is 17.2 Å². The number of amides is 2. The second kappa shape index (κ2) is 8.79. The third-order valence-corrected chi connectivity index (χ3v) is 4.08. The zero-order valence-electron chi connectivity index (χ0n) is 15.9. The van der Waals surface area contributed by atoms with Gasteiger partial charge in [-0.15, -0.1) is 0 Å². The van der Waals surface area contributed by atoms with Crippen molar-refractivity contribution in [3.05, 3.63) is 93.5 Å². The van der Waals surface area contributed by atoms with Gasteiger partial charge in [0.15, 0.2) is 0 Å². The third kappa shape index (κ3) is 4.65. The molecule has 0 unspecified atom stereocenters. The molecule has 0 aliphatic carbocycles. The average Bonchev–Trinajstić information content (AvgIpc) is 2.74. The van der Waals surface area contributed by atoms with Gasteiger partial charge in [0, 0.05) is 5.56 Å². The van der Waals surface area contributed by atoms with E-state index < -0.39 is 11.8 Å². The maximum absolute atomic E-state index is 12.4. The molecule has 0 aliphatic heterocycles. The number of nitrogens with zero attached hydrogens (tertiary/aromatic N) is 1. The van der Waals surface area contributed by atoms with E-state index in [-0.39, 0.29) is 16.7 Å². The van der Waals surface area contributed by atoms with Crippen molar-refractivity contribution >= 4 is 29.0 Å². The lowest BCUT2D eigenvalue weighted by atomic mass is 10.2. The van der Waals surface area contributed by atoms with Gasteiger partial charge in [-0.1, -0.05) is 30.3 Å². The zero-order chi connectivity index (χ0) is 20.8. The third-order valence-electron chi connectivity index (χ3n) is 4.08. The highest BCUT2D eigenvalue weighted by molar-refractivity contribution is 6.03. The molecule has 3 rings (SSSR count). The molecule has 0 fully saturated rings. The number of hydrogen-bond acceptors (Lipinski definition) is 5. The van der Waals surface area contributed by atoms with Gasteiger partial charge in [0.2, 0.25) is 5.43 Å². The van der Waals surface area contributed by atoms with Crippen molar-refractivity contribution in [3.8, 4) is 0 Å². The second-order valence-corrected chi connectivity index (χ2v) is 6.41. The van der Waals surface area contributed by atoms with E-state index in [1.165, 1.54) is 12.5 Å². The number of hydrogen-bond donors (Lipinski definition) is 2. The zero-order valence-corrected chi connectivity index (χ0v) is 15.9. The van der Waals surface area contributed by atoms with Gasteiger partial charge in [-0.25, -0.2) is 5.43 Å². The molecule has 7 nitrogen and oxygen atoms in total. The number of para-hydroxylation sites is 1. The molecule has 2 N–H and O–H groups in total. The summed E-state index contributed by atoms with van der Waals surface area (Å²) >= 11 is 0. The molecular formula is C22H19N3O4. The molecule has 2 aromatic carbocycles. The number of carbonyl (C=O) groups excluding carboxylic acids is 2.